The quantitative estimate of drug-likeness (QED) is 0.615. The molecule has 4 rings (SSSR count). The highest BCUT2D eigenvalue weighted by Gasteiger charge is 2.44. The molecule has 3 N–H and O–H groups in total. The lowest BCUT2D eigenvalue weighted by atomic mass is 9.76. The van der Waals surface area contributed by atoms with Crippen molar-refractivity contribution in [3.05, 3.63) is 36.5 Å². The summed E-state index contributed by atoms with van der Waals surface area (Å²) in [5, 5.41) is 6.88. The van der Waals surface area contributed by atoms with Crippen LogP contribution in [0.5, 0.6) is 0 Å². The van der Waals surface area contributed by atoms with Crippen LogP contribution in [-0.4, -0.2) is 37.9 Å². The lowest BCUT2D eigenvalue weighted by Crippen LogP contribution is -2.57. The zero-order valence-electron chi connectivity index (χ0n) is 15.1. The van der Waals surface area contributed by atoms with Crippen LogP contribution in [0.1, 0.15) is 35.5 Å². The van der Waals surface area contributed by atoms with Crippen molar-refractivity contribution in [1.82, 2.24) is 25.3 Å². The molecule has 144 valence electrons. The Hall–Kier alpha value is -3.03. The summed E-state index contributed by atoms with van der Waals surface area (Å²) in [5.41, 5.74) is 0.621. The summed E-state index contributed by atoms with van der Waals surface area (Å²) < 4.78 is 13.6. The van der Waals surface area contributed by atoms with E-state index in [2.05, 4.69) is 30.6 Å². The fraction of sp³-hybridized carbons (Fsp3) is 0.368. The van der Waals surface area contributed by atoms with Crippen LogP contribution in [0.3, 0.4) is 0 Å². The highest BCUT2D eigenvalue weighted by molar-refractivity contribution is 5.92. The molecule has 1 aliphatic rings. The van der Waals surface area contributed by atoms with Gasteiger partial charge in [-0.15, -0.1) is 0 Å². The highest BCUT2D eigenvalue weighted by atomic mass is 19.1. The van der Waals surface area contributed by atoms with Crippen molar-refractivity contribution >= 4 is 22.8 Å². The monoisotopic (exact) mass is 372 g/mol. The van der Waals surface area contributed by atoms with E-state index in [0.717, 1.165) is 31.9 Å². The number of aromatic nitrogens is 4. The molecule has 1 saturated carbocycles. The number of nitrogens with one attached hydrogen (secondary N) is 3. The predicted octanol–water partition coefficient (Wildman–Crippen LogP) is 3.51. The molecule has 7 nitrogen and oxygen atoms in total. The molecule has 1 fully saturated rings. The number of H-pyrrole nitrogens is 1. The van der Waals surface area contributed by atoms with Gasteiger partial charge in [0, 0.05) is 32.7 Å². The number of hydrogen-bond donors (Lipinski definition) is 3. The first-order chi connectivity index (χ1) is 13.1. The summed E-state index contributed by atoms with van der Waals surface area (Å²) in [6.45, 7) is 2.68. The predicted molar refractivity (Wildman–Crippen MR) is 105 cm³/mol. The van der Waals surface area contributed by atoms with Crippen molar-refractivity contribution in [2.24, 2.45) is 0 Å². The van der Waals surface area contributed by atoms with Crippen molar-refractivity contribution in [3.63, 3.8) is 0 Å². The average molecular weight is 372 g/mol. The number of rotatable bonds is 6. The number of halogens is 1. The van der Waals surface area contributed by atoms with Crippen LogP contribution >= 0.6 is 0 Å². The maximum atomic E-state index is 13.6. The molecule has 27 heavy (non-hydrogen) atoms. The fourth-order valence-corrected chi connectivity index (χ4v) is 3.31. The van der Waals surface area contributed by atoms with E-state index in [-0.39, 0.29) is 8.76 Å². The first kappa shape index (κ1) is 17.4. The third kappa shape index (κ3) is 3.22. The minimum atomic E-state index is -0.616. The van der Waals surface area contributed by atoms with Crippen LogP contribution in [0, 0.1) is 5.82 Å². The van der Waals surface area contributed by atoms with Gasteiger partial charge in [0.15, 0.2) is 5.82 Å². The SMILES string of the molecule is CCCNC(=O)C1(Nc2ccnc(-c3c[nH]c4ncc(F)cc34)n2)CCC1.[HH].[HH]. The minimum absolute atomic E-state index is 0. The zero-order valence-corrected chi connectivity index (χ0v) is 15.1. The summed E-state index contributed by atoms with van der Waals surface area (Å²) in [6, 6.07) is 3.15. The fourth-order valence-electron chi connectivity index (χ4n) is 3.31. The van der Waals surface area contributed by atoms with Crippen molar-refractivity contribution in [2.45, 2.75) is 38.1 Å². The molecule has 3 aromatic rings. The summed E-state index contributed by atoms with van der Waals surface area (Å²) in [4.78, 5) is 28.5. The lowest BCUT2D eigenvalue weighted by molar-refractivity contribution is -0.128. The molecule has 0 aromatic carbocycles. The molecule has 0 atom stereocenters. The minimum Gasteiger partial charge on any atom is -0.356 e. The van der Waals surface area contributed by atoms with Crippen LogP contribution < -0.4 is 10.6 Å². The van der Waals surface area contributed by atoms with Crippen LogP contribution in [0.15, 0.2) is 30.7 Å². The summed E-state index contributed by atoms with van der Waals surface area (Å²) in [5.74, 6) is 0.611. The number of carbonyl (C=O) groups excluding carboxylic acids is 1. The number of anilines is 1. The number of nitrogens with zero attached hydrogens (tertiary/aromatic N) is 3. The van der Waals surface area contributed by atoms with Crippen molar-refractivity contribution in [3.8, 4) is 11.4 Å². The normalized spacial score (nSPS) is 15.3. The van der Waals surface area contributed by atoms with Crippen LogP contribution in [0.25, 0.3) is 22.4 Å². The van der Waals surface area contributed by atoms with Crippen molar-refractivity contribution in [2.75, 3.05) is 11.9 Å². The van der Waals surface area contributed by atoms with Crippen LogP contribution in [-0.2, 0) is 4.79 Å². The van der Waals surface area contributed by atoms with E-state index in [9.17, 15) is 9.18 Å². The molecule has 1 amide bonds. The molecule has 0 unspecified atom stereocenters. The second-order valence-electron chi connectivity index (χ2n) is 6.83. The van der Waals surface area contributed by atoms with E-state index < -0.39 is 11.4 Å². The van der Waals surface area contributed by atoms with Gasteiger partial charge in [-0.3, -0.25) is 4.79 Å². The van der Waals surface area contributed by atoms with Gasteiger partial charge in [-0.2, -0.15) is 0 Å². The number of fused-ring (bicyclic) bond motifs is 1. The largest absolute Gasteiger partial charge is 0.356 e. The Morgan fingerprint density at radius 1 is 1.41 bits per heavy atom. The van der Waals surface area contributed by atoms with Crippen LogP contribution in [0.4, 0.5) is 10.2 Å². The highest BCUT2D eigenvalue weighted by Crippen LogP contribution is 2.35. The molecule has 0 radical (unpaired) electrons. The van der Waals surface area contributed by atoms with E-state index in [4.69, 9.17) is 0 Å². The number of carbonyl (C=O) groups is 1. The van der Waals surface area contributed by atoms with E-state index in [1.165, 1.54) is 6.07 Å². The molecule has 3 aromatic heterocycles. The van der Waals surface area contributed by atoms with Gasteiger partial charge in [-0.05, 0) is 37.8 Å². The number of aromatic amines is 1. The topological polar surface area (TPSA) is 95.6 Å². The van der Waals surface area contributed by atoms with E-state index >= 15 is 0 Å². The van der Waals surface area contributed by atoms with E-state index in [1.807, 2.05) is 6.92 Å². The Morgan fingerprint density at radius 3 is 3.00 bits per heavy atom. The standard InChI is InChI=1S/C19H21FN6O.2H2/c1-2-7-22-18(27)19(5-3-6-19)26-15-4-8-21-17(25-15)14-11-24-16-13(14)9-12(20)10-23-16;;/h4,8-11H,2-3,5-7H2,1H3,(H,22,27)(H,23,24)(H,21,25,26);2*1H. The second-order valence-corrected chi connectivity index (χ2v) is 6.83. The Balaban J connectivity index is 0.00000150. The third-order valence-electron chi connectivity index (χ3n) is 4.94. The van der Waals surface area contributed by atoms with Gasteiger partial charge < -0.3 is 15.6 Å². The molecule has 0 saturated heterocycles. The molecule has 0 bridgehead atoms. The Morgan fingerprint density at radius 2 is 2.26 bits per heavy atom. The lowest BCUT2D eigenvalue weighted by Gasteiger charge is -2.41. The maximum absolute atomic E-state index is 13.6. The first-order valence-electron chi connectivity index (χ1n) is 9.14. The van der Waals surface area contributed by atoms with Gasteiger partial charge in [0.05, 0.1) is 6.20 Å². The average Bonchev–Trinajstić information content (AvgIpc) is 3.06. The molecule has 0 spiro atoms. The smallest absolute Gasteiger partial charge is 0.245 e. The zero-order chi connectivity index (χ0) is 18.9. The number of hydrogen-bond acceptors (Lipinski definition) is 5. The van der Waals surface area contributed by atoms with Gasteiger partial charge in [0.2, 0.25) is 5.91 Å². The summed E-state index contributed by atoms with van der Waals surface area (Å²) in [6.07, 6.45) is 7.93. The Bertz CT molecular complexity index is 992. The Kier molecular flexibility index (Phi) is 4.47. The third-order valence-corrected chi connectivity index (χ3v) is 4.94. The molecule has 3 heterocycles. The van der Waals surface area contributed by atoms with Crippen LogP contribution in [0.2, 0.25) is 0 Å². The van der Waals surface area contributed by atoms with Gasteiger partial charge >= 0.3 is 0 Å². The molecule has 1 aliphatic carbocycles. The summed E-state index contributed by atoms with van der Waals surface area (Å²) >= 11 is 0. The molecule has 0 aliphatic heterocycles. The van der Waals surface area contributed by atoms with Crippen molar-refractivity contribution in [1.29, 1.82) is 0 Å². The number of pyridine rings is 1. The summed E-state index contributed by atoms with van der Waals surface area (Å²) in [7, 11) is 0. The van der Waals surface area contributed by atoms with E-state index in [0.29, 0.717) is 34.8 Å². The Labute approximate surface area is 158 Å². The van der Waals surface area contributed by atoms with Gasteiger partial charge in [-0.25, -0.2) is 19.3 Å². The molecular weight excluding hydrogens is 347 g/mol. The van der Waals surface area contributed by atoms with Gasteiger partial charge in [0.25, 0.3) is 0 Å². The van der Waals surface area contributed by atoms with Gasteiger partial charge in [-0.1, -0.05) is 6.92 Å². The molecular formula is C19H25FN6O. The van der Waals surface area contributed by atoms with Gasteiger partial charge in [0.1, 0.15) is 22.8 Å². The maximum Gasteiger partial charge on any atom is 0.245 e. The first-order valence-corrected chi connectivity index (χ1v) is 9.14. The van der Waals surface area contributed by atoms with E-state index in [1.54, 1.807) is 18.5 Å². The second kappa shape index (κ2) is 6.94. The number of amides is 1. The van der Waals surface area contributed by atoms with Crippen molar-refractivity contribution < 1.29 is 12.0 Å². The molecule has 8 heteroatoms.